The van der Waals surface area contributed by atoms with Gasteiger partial charge >= 0.3 is 6.09 Å². The van der Waals surface area contributed by atoms with Crippen LogP contribution >= 0.6 is 11.6 Å². The standard InChI is InChI=1S/C23H36ClN5O4Si/c1-13-14(11-30)16(33-34(8,9)23(5,6)7)10-15(13)29-12-25-17-18(24)26-20(27-19(17)29)28-21(31)32-22(2,3)4/h12,14-16,30H,1,10-11H2,2-9H3,(H,26,27,28,31)/t14-,15-,16-/m0/s1. The maximum absolute atomic E-state index is 12.2. The Morgan fingerprint density at radius 3 is 2.50 bits per heavy atom. The molecule has 9 nitrogen and oxygen atoms in total. The van der Waals surface area contributed by atoms with E-state index < -0.39 is 20.0 Å². The fraction of sp³-hybridized carbons (Fsp3) is 0.652. The second-order valence-electron chi connectivity index (χ2n) is 11.3. The summed E-state index contributed by atoms with van der Waals surface area (Å²) in [5.74, 6) is -0.182. The van der Waals surface area contributed by atoms with Crippen molar-refractivity contribution in [3.63, 3.8) is 0 Å². The average molecular weight is 510 g/mol. The molecule has 3 rings (SSSR count). The minimum atomic E-state index is -2.07. The van der Waals surface area contributed by atoms with Gasteiger partial charge in [0, 0.05) is 5.92 Å². The summed E-state index contributed by atoms with van der Waals surface area (Å²) in [4.78, 5) is 25.2. The Morgan fingerprint density at radius 1 is 1.29 bits per heavy atom. The first-order valence-electron chi connectivity index (χ1n) is 11.4. The molecule has 3 atom stereocenters. The van der Waals surface area contributed by atoms with Crippen molar-refractivity contribution in [2.24, 2.45) is 5.92 Å². The first-order valence-corrected chi connectivity index (χ1v) is 14.7. The number of anilines is 1. The second-order valence-corrected chi connectivity index (χ2v) is 16.4. The molecule has 0 saturated heterocycles. The van der Waals surface area contributed by atoms with Crippen molar-refractivity contribution in [2.45, 2.75) is 83.8 Å². The summed E-state index contributed by atoms with van der Waals surface area (Å²) in [6.45, 7) is 20.5. The zero-order valence-electron chi connectivity index (χ0n) is 21.3. The number of aromatic nitrogens is 4. The summed E-state index contributed by atoms with van der Waals surface area (Å²) in [7, 11) is -2.07. The van der Waals surface area contributed by atoms with Crippen molar-refractivity contribution in [3.8, 4) is 0 Å². The van der Waals surface area contributed by atoms with Gasteiger partial charge in [0.15, 0.2) is 19.1 Å². The molecule has 0 spiro atoms. The van der Waals surface area contributed by atoms with Crippen LogP contribution in [0, 0.1) is 5.92 Å². The number of aliphatic hydroxyl groups excluding tert-OH is 1. The molecule has 0 radical (unpaired) electrons. The summed E-state index contributed by atoms with van der Waals surface area (Å²) in [5.41, 5.74) is 1.06. The van der Waals surface area contributed by atoms with Crippen LogP contribution in [0.2, 0.25) is 23.3 Å². The van der Waals surface area contributed by atoms with Gasteiger partial charge in [-0.15, -0.1) is 0 Å². The van der Waals surface area contributed by atoms with Gasteiger partial charge in [-0.3, -0.25) is 5.32 Å². The van der Waals surface area contributed by atoms with Crippen LogP contribution in [-0.2, 0) is 9.16 Å². The first kappa shape index (κ1) is 26.6. The summed E-state index contributed by atoms with van der Waals surface area (Å²) in [6.07, 6.45) is 1.42. The van der Waals surface area contributed by atoms with E-state index in [-0.39, 0.29) is 40.8 Å². The quantitative estimate of drug-likeness (QED) is 0.318. The van der Waals surface area contributed by atoms with Crippen molar-refractivity contribution in [1.82, 2.24) is 19.5 Å². The Labute approximate surface area is 207 Å². The largest absolute Gasteiger partial charge is 0.444 e. The summed E-state index contributed by atoms with van der Waals surface area (Å²) < 4.78 is 13.8. The highest BCUT2D eigenvalue weighted by Crippen LogP contribution is 2.46. The molecule has 1 amide bonds. The highest BCUT2D eigenvalue weighted by atomic mass is 35.5. The predicted octanol–water partition coefficient (Wildman–Crippen LogP) is 5.33. The molecular formula is C23H36ClN5O4Si. The van der Waals surface area contributed by atoms with Gasteiger partial charge in [0.1, 0.15) is 11.1 Å². The number of amides is 1. The SMILES string of the molecule is C=C1[C@H](CO)[C@@H](O[Si](C)(C)C(C)(C)C)C[C@@H]1n1cnc2c(Cl)nc(NC(=O)OC(C)(C)C)nc21. The van der Waals surface area contributed by atoms with E-state index in [4.69, 9.17) is 20.8 Å². The number of halogens is 1. The molecule has 34 heavy (non-hydrogen) atoms. The van der Waals surface area contributed by atoms with E-state index in [1.54, 1.807) is 27.1 Å². The second kappa shape index (κ2) is 9.22. The minimum absolute atomic E-state index is 0.0184. The van der Waals surface area contributed by atoms with E-state index in [1.807, 2.05) is 4.57 Å². The van der Waals surface area contributed by atoms with Crippen molar-refractivity contribution in [3.05, 3.63) is 23.6 Å². The third-order valence-corrected chi connectivity index (χ3v) is 11.4. The molecule has 1 fully saturated rings. The molecule has 2 N–H and O–H groups in total. The minimum Gasteiger partial charge on any atom is -0.444 e. The fourth-order valence-electron chi connectivity index (χ4n) is 3.80. The van der Waals surface area contributed by atoms with E-state index in [9.17, 15) is 9.90 Å². The fourth-order valence-corrected chi connectivity index (χ4v) is 5.38. The van der Waals surface area contributed by atoms with Crippen molar-refractivity contribution >= 4 is 43.1 Å². The van der Waals surface area contributed by atoms with Gasteiger partial charge < -0.3 is 18.8 Å². The van der Waals surface area contributed by atoms with Crippen LogP contribution in [0.15, 0.2) is 18.5 Å². The number of ether oxygens (including phenoxy) is 1. The average Bonchev–Trinajstić information content (AvgIpc) is 3.19. The number of rotatable bonds is 5. The number of fused-ring (bicyclic) bond motifs is 1. The van der Waals surface area contributed by atoms with Gasteiger partial charge in [-0.25, -0.2) is 9.78 Å². The lowest BCUT2D eigenvalue weighted by Gasteiger charge is -2.39. The van der Waals surface area contributed by atoms with Crippen LogP contribution in [0.1, 0.15) is 54.0 Å². The lowest BCUT2D eigenvalue weighted by molar-refractivity contribution is 0.0634. The van der Waals surface area contributed by atoms with E-state index in [0.717, 1.165) is 5.57 Å². The molecule has 2 aromatic heterocycles. The van der Waals surface area contributed by atoms with Crippen molar-refractivity contribution < 1.29 is 19.1 Å². The monoisotopic (exact) mass is 509 g/mol. The lowest BCUT2D eigenvalue weighted by Crippen LogP contribution is -2.45. The van der Waals surface area contributed by atoms with Crippen LogP contribution in [-0.4, -0.2) is 57.3 Å². The highest BCUT2D eigenvalue weighted by Gasteiger charge is 2.46. The molecule has 2 heterocycles. The van der Waals surface area contributed by atoms with Gasteiger partial charge in [0.2, 0.25) is 5.95 Å². The third-order valence-electron chi connectivity index (χ3n) is 6.58. The Morgan fingerprint density at radius 2 is 1.94 bits per heavy atom. The highest BCUT2D eigenvalue weighted by molar-refractivity contribution is 6.74. The summed E-state index contributed by atoms with van der Waals surface area (Å²) in [6, 6.07) is -0.197. The van der Waals surface area contributed by atoms with Gasteiger partial charge in [-0.1, -0.05) is 39.0 Å². The molecule has 1 aliphatic rings. The maximum Gasteiger partial charge on any atom is 0.414 e. The van der Waals surface area contributed by atoms with Crippen LogP contribution < -0.4 is 5.32 Å². The van der Waals surface area contributed by atoms with E-state index in [2.05, 4.69) is 60.7 Å². The zero-order valence-corrected chi connectivity index (χ0v) is 23.0. The van der Waals surface area contributed by atoms with E-state index in [1.165, 1.54) is 0 Å². The van der Waals surface area contributed by atoms with Crippen LogP contribution in [0.4, 0.5) is 10.7 Å². The van der Waals surface area contributed by atoms with Crippen LogP contribution in [0.5, 0.6) is 0 Å². The van der Waals surface area contributed by atoms with Crippen molar-refractivity contribution in [1.29, 1.82) is 0 Å². The smallest absolute Gasteiger partial charge is 0.414 e. The number of carbonyl (C=O) groups excluding carboxylic acids is 1. The topological polar surface area (TPSA) is 111 Å². The van der Waals surface area contributed by atoms with Crippen LogP contribution in [0.3, 0.4) is 0 Å². The Bertz CT molecular complexity index is 1090. The zero-order chi connectivity index (χ0) is 25.6. The van der Waals surface area contributed by atoms with Crippen LogP contribution in [0.25, 0.3) is 11.2 Å². The molecule has 2 aromatic rings. The number of aliphatic hydroxyl groups is 1. The molecule has 0 bridgehead atoms. The maximum atomic E-state index is 12.2. The summed E-state index contributed by atoms with van der Waals surface area (Å²) in [5, 5.41) is 12.8. The molecule has 11 heteroatoms. The molecule has 0 unspecified atom stereocenters. The van der Waals surface area contributed by atoms with Gasteiger partial charge in [0.05, 0.1) is 25.1 Å². The number of hydrogen-bond donors (Lipinski definition) is 2. The normalized spacial score (nSPS) is 21.8. The lowest BCUT2D eigenvalue weighted by atomic mass is 10.0. The third kappa shape index (κ3) is 5.45. The molecule has 1 aliphatic carbocycles. The van der Waals surface area contributed by atoms with Gasteiger partial charge in [-0.05, 0) is 50.9 Å². The Kier molecular flexibility index (Phi) is 7.21. The molecule has 0 aliphatic heterocycles. The Hall–Kier alpha value is -2.01. The Balaban J connectivity index is 1.93. The first-order chi connectivity index (χ1) is 15.5. The number of nitrogens with zero attached hydrogens (tertiary/aromatic N) is 4. The number of hydrogen-bond acceptors (Lipinski definition) is 7. The van der Waals surface area contributed by atoms with E-state index >= 15 is 0 Å². The summed E-state index contributed by atoms with van der Waals surface area (Å²) >= 11 is 6.36. The molecular weight excluding hydrogens is 474 g/mol. The predicted molar refractivity (Wildman–Crippen MR) is 136 cm³/mol. The molecule has 0 aromatic carbocycles. The number of nitrogens with one attached hydrogen (secondary N) is 1. The number of imidazole rings is 1. The van der Waals surface area contributed by atoms with Gasteiger partial charge in [0.25, 0.3) is 0 Å². The van der Waals surface area contributed by atoms with E-state index in [0.29, 0.717) is 17.6 Å². The molecule has 188 valence electrons. The number of carbonyl (C=O) groups is 1. The van der Waals surface area contributed by atoms with Gasteiger partial charge in [-0.2, -0.15) is 9.97 Å². The van der Waals surface area contributed by atoms with Crippen molar-refractivity contribution in [2.75, 3.05) is 11.9 Å². The molecule has 1 saturated carbocycles.